The van der Waals surface area contributed by atoms with Crippen LogP contribution in [0.1, 0.15) is 16.5 Å². The van der Waals surface area contributed by atoms with Crippen LogP contribution in [0.4, 0.5) is 0 Å². The number of carboxylic acids is 1. The molecule has 4 aromatic rings. The van der Waals surface area contributed by atoms with E-state index in [1.807, 2.05) is 19.1 Å². The van der Waals surface area contributed by atoms with Gasteiger partial charge < -0.3 is 5.11 Å². The summed E-state index contributed by atoms with van der Waals surface area (Å²) in [5.41, 5.74) is 1.74. The summed E-state index contributed by atoms with van der Waals surface area (Å²) in [5.74, 6) is -1.12. The van der Waals surface area contributed by atoms with Gasteiger partial charge in [-0.25, -0.2) is 9.78 Å². The molecule has 0 aliphatic carbocycles. The fourth-order valence-electron chi connectivity index (χ4n) is 3.32. The van der Waals surface area contributed by atoms with E-state index in [2.05, 4.69) is 4.98 Å². The van der Waals surface area contributed by atoms with Crippen LogP contribution in [0.5, 0.6) is 0 Å². The van der Waals surface area contributed by atoms with Crippen molar-refractivity contribution in [2.75, 3.05) is 0 Å². The highest BCUT2D eigenvalue weighted by molar-refractivity contribution is 7.19. The second-order valence-electron chi connectivity index (χ2n) is 6.33. The van der Waals surface area contributed by atoms with Crippen molar-refractivity contribution in [2.24, 2.45) is 0 Å². The minimum Gasteiger partial charge on any atom is -0.479 e. The molecule has 28 heavy (non-hydrogen) atoms. The highest BCUT2D eigenvalue weighted by Gasteiger charge is 2.26. The number of hydrogen-bond acceptors (Lipinski definition) is 4. The number of hydrogen-bond donors (Lipinski definition) is 1. The maximum Gasteiger partial charge on any atom is 0.331 e. The molecule has 1 unspecified atom stereocenters. The smallest absolute Gasteiger partial charge is 0.331 e. The minimum absolute atomic E-state index is 0.379. The van der Waals surface area contributed by atoms with Gasteiger partial charge in [0.15, 0.2) is 6.04 Å². The molecule has 0 saturated heterocycles. The van der Waals surface area contributed by atoms with Gasteiger partial charge in [-0.05, 0) is 30.2 Å². The van der Waals surface area contributed by atoms with Crippen LogP contribution in [0.3, 0.4) is 0 Å². The Labute approximate surface area is 169 Å². The third-order valence-electron chi connectivity index (χ3n) is 4.57. The lowest BCUT2D eigenvalue weighted by Crippen LogP contribution is -2.30. The Balaban J connectivity index is 1.98. The lowest BCUT2D eigenvalue weighted by molar-refractivity contribution is -0.139. The Morgan fingerprint density at radius 2 is 1.82 bits per heavy atom. The van der Waals surface area contributed by atoms with E-state index < -0.39 is 12.0 Å². The van der Waals surface area contributed by atoms with Crippen molar-refractivity contribution in [3.05, 3.63) is 86.7 Å². The van der Waals surface area contributed by atoms with Crippen LogP contribution in [0.15, 0.2) is 65.7 Å². The van der Waals surface area contributed by atoms with E-state index in [1.165, 1.54) is 22.2 Å². The molecule has 0 aliphatic heterocycles. The molecule has 0 fully saturated rings. The molecule has 0 amide bonds. The second-order valence-corrected chi connectivity index (χ2v) is 7.97. The first-order valence-corrected chi connectivity index (χ1v) is 9.70. The lowest BCUT2D eigenvalue weighted by Gasteiger charge is -2.16. The number of carbonyl (C=O) groups is 1. The second kappa shape index (κ2) is 7.22. The molecule has 0 saturated carbocycles. The standard InChI is InChI=1S/C21H15ClN2O3S/c1-12-16(13-7-9-15(22)10-8-13)17-19(28-12)23-11-24(20(17)25)18(21(26)27)14-5-3-2-4-6-14/h2-11,18H,1H3,(H,26,27). The van der Waals surface area contributed by atoms with Gasteiger partial charge in [0.05, 0.1) is 5.39 Å². The largest absolute Gasteiger partial charge is 0.479 e. The van der Waals surface area contributed by atoms with Crippen molar-refractivity contribution >= 4 is 39.1 Å². The topological polar surface area (TPSA) is 72.2 Å². The van der Waals surface area contributed by atoms with E-state index in [1.54, 1.807) is 42.5 Å². The number of nitrogens with zero attached hydrogens (tertiary/aromatic N) is 2. The predicted molar refractivity (Wildman–Crippen MR) is 111 cm³/mol. The van der Waals surface area contributed by atoms with E-state index >= 15 is 0 Å². The first kappa shape index (κ1) is 18.4. The quantitative estimate of drug-likeness (QED) is 0.526. The average Bonchev–Trinajstić information content (AvgIpc) is 3.02. The van der Waals surface area contributed by atoms with E-state index in [0.29, 0.717) is 20.8 Å². The Kier molecular flexibility index (Phi) is 4.75. The molecule has 2 heterocycles. The molecule has 1 atom stereocenters. The van der Waals surface area contributed by atoms with Gasteiger partial charge in [0.1, 0.15) is 11.2 Å². The van der Waals surface area contributed by atoms with Gasteiger partial charge >= 0.3 is 5.97 Å². The van der Waals surface area contributed by atoms with Crippen LogP contribution in [-0.2, 0) is 4.79 Å². The Bertz CT molecular complexity index is 1230. The summed E-state index contributed by atoms with van der Waals surface area (Å²) >= 11 is 7.40. The molecular formula is C21H15ClN2O3S. The van der Waals surface area contributed by atoms with Crippen molar-refractivity contribution < 1.29 is 9.90 Å². The number of thiophene rings is 1. The van der Waals surface area contributed by atoms with E-state index in [9.17, 15) is 14.7 Å². The first-order valence-electron chi connectivity index (χ1n) is 8.51. The normalized spacial score (nSPS) is 12.2. The SMILES string of the molecule is Cc1sc2ncn(C(C(=O)O)c3ccccc3)c(=O)c2c1-c1ccc(Cl)cc1. The number of carboxylic acid groups (broad SMARTS) is 1. The van der Waals surface area contributed by atoms with Gasteiger partial charge in [0.2, 0.25) is 0 Å². The summed E-state index contributed by atoms with van der Waals surface area (Å²) in [6.07, 6.45) is 1.32. The molecular weight excluding hydrogens is 396 g/mol. The molecule has 4 rings (SSSR count). The fourth-order valence-corrected chi connectivity index (χ4v) is 4.45. The molecule has 0 bridgehead atoms. The summed E-state index contributed by atoms with van der Waals surface area (Å²) in [6.45, 7) is 1.92. The fraction of sp³-hybridized carbons (Fsp3) is 0.0952. The van der Waals surface area contributed by atoms with Crippen LogP contribution < -0.4 is 5.56 Å². The maximum atomic E-state index is 13.4. The van der Waals surface area contributed by atoms with E-state index in [0.717, 1.165) is 16.0 Å². The summed E-state index contributed by atoms with van der Waals surface area (Å²) in [6, 6.07) is 14.7. The third kappa shape index (κ3) is 3.10. The molecule has 140 valence electrons. The zero-order chi connectivity index (χ0) is 19.8. The van der Waals surface area contributed by atoms with Crippen LogP contribution in [0.2, 0.25) is 5.02 Å². The summed E-state index contributed by atoms with van der Waals surface area (Å²) in [7, 11) is 0. The van der Waals surface area contributed by atoms with E-state index in [4.69, 9.17) is 11.6 Å². The zero-order valence-corrected chi connectivity index (χ0v) is 16.4. The Morgan fingerprint density at radius 1 is 1.14 bits per heavy atom. The first-order chi connectivity index (χ1) is 13.5. The highest BCUT2D eigenvalue weighted by Crippen LogP contribution is 2.36. The number of aryl methyl sites for hydroxylation is 1. The minimum atomic E-state index is -1.15. The molecule has 0 aliphatic rings. The molecule has 0 spiro atoms. The van der Waals surface area contributed by atoms with Crippen LogP contribution in [0.25, 0.3) is 21.3 Å². The van der Waals surface area contributed by atoms with Gasteiger partial charge in [-0.1, -0.05) is 54.1 Å². The van der Waals surface area contributed by atoms with Gasteiger partial charge in [-0.2, -0.15) is 0 Å². The van der Waals surface area contributed by atoms with Gasteiger partial charge in [-0.15, -0.1) is 11.3 Å². The molecule has 0 radical (unpaired) electrons. The van der Waals surface area contributed by atoms with Crippen molar-refractivity contribution in [2.45, 2.75) is 13.0 Å². The molecule has 5 nitrogen and oxygen atoms in total. The monoisotopic (exact) mass is 410 g/mol. The number of benzene rings is 2. The number of fused-ring (bicyclic) bond motifs is 1. The number of halogens is 1. The number of rotatable bonds is 4. The highest BCUT2D eigenvalue weighted by atomic mass is 35.5. The number of aromatic nitrogens is 2. The van der Waals surface area contributed by atoms with Crippen molar-refractivity contribution in [3.8, 4) is 11.1 Å². The zero-order valence-electron chi connectivity index (χ0n) is 14.8. The number of aliphatic carboxylic acids is 1. The van der Waals surface area contributed by atoms with Crippen LogP contribution in [-0.4, -0.2) is 20.6 Å². The lowest BCUT2D eigenvalue weighted by atomic mass is 10.0. The molecule has 7 heteroatoms. The molecule has 2 aromatic heterocycles. The van der Waals surface area contributed by atoms with Gasteiger partial charge in [-0.3, -0.25) is 9.36 Å². The maximum absolute atomic E-state index is 13.4. The van der Waals surface area contributed by atoms with Gasteiger partial charge in [0, 0.05) is 15.5 Å². The van der Waals surface area contributed by atoms with Crippen molar-refractivity contribution in [1.82, 2.24) is 9.55 Å². The summed E-state index contributed by atoms with van der Waals surface area (Å²) in [5, 5.41) is 10.8. The van der Waals surface area contributed by atoms with Gasteiger partial charge in [0.25, 0.3) is 5.56 Å². The predicted octanol–water partition coefficient (Wildman–Crippen LogP) is 4.76. The Hall–Kier alpha value is -2.96. The van der Waals surface area contributed by atoms with Crippen LogP contribution >= 0.6 is 22.9 Å². The van der Waals surface area contributed by atoms with E-state index in [-0.39, 0.29) is 5.56 Å². The summed E-state index contributed by atoms with van der Waals surface area (Å²) < 4.78 is 1.19. The summed E-state index contributed by atoms with van der Waals surface area (Å²) in [4.78, 5) is 31.3. The molecule has 1 N–H and O–H groups in total. The third-order valence-corrected chi connectivity index (χ3v) is 5.84. The van der Waals surface area contributed by atoms with Crippen molar-refractivity contribution in [1.29, 1.82) is 0 Å². The average molecular weight is 411 g/mol. The Morgan fingerprint density at radius 3 is 2.46 bits per heavy atom. The molecule has 2 aromatic carbocycles. The van der Waals surface area contributed by atoms with Crippen molar-refractivity contribution in [3.63, 3.8) is 0 Å². The van der Waals surface area contributed by atoms with Crippen LogP contribution in [0, 0.1) is 6.92 Å².